The zero-order valence-corrected chi connectivity index (χ0v) is 9.95. The van der Waals surface area contributed by atoms with Crippen LogP contribution in [0.15, 0.2) is 16.3 Å². The van der Waals surface area contributed by atoms with E-state index in [2.05, 4.69) is 35.7 Å². The van der Waals surface area contributed by atoms with Gasteiger partial charge >= 0.3 is 5.97 Å². The van der Waals surface area contributed by atoms with E-state index in [0.29, 0.717) is 5.13 Å². The molecule has 2 aromatic heterocycles. The first-order valence-corrected chi connectivity index (χ1v) is 5.49. The number of hydrogen-bond acceptors (Lipinski definition) is 6. The van der Waals surface area contributed by atoms with Crippen LogP contribution >= 0.6 is 27.3 Å². The highest BCUT2D eigenvalue weighted by Gasteiger charge is 2.13. The number of nitrogens with zero attached hydrogens (tertiary/aromatic N) is 4. The molecule has 0 unspecified atom stereocenters. The molecule has 0 amide bonds. The molecule has 2 aromatic rings. The predicted octanol–water partition coefficient (Wildman–Crippen LogP) is 1.27. The van der Waals surface area contributed by atoms with Crippen LogP contribution in [0.5, 0.6) is 0 Å². The minimum atomic E-state index is -0.565. The number of carbonyl (C=O) groups is 1. The maximum absolute atomic E-state index is 11.1. The molecular weight excluding hydrogens is 284 g/mol. The van der Waals surface area contributed by atoms with E-state index in [0.717, 1.165) is 4.60 Å². The monoisotopic (exact) mass is 288 g/mol. The molecule has 0 aliphatic rings. The number of ether oxygens (including phenoxy) is 1. The van der Waals surface area contributed by atoms with E-state index in [9.17, 15) is 4.79 Å². The standard InChI is InChI=1S/C7H5BrN4O2S/c1-14-6(13)5-9-3-12(11-5)7-10-4(8)2-15-7/h2-3H,1H3. The van der Waals surface area contributed by atoms with Crippen molar-refractivity contribution in [3.63, 3.8) is 0 Å². The van der Waals surface area contributed by atoms with Crippen LogP contribution in [0.25, 0.3) is 5.13 Å². The fourth-order valence-electron chi connectivity index (χ4n) is 0.891. The van der Waals surface area contributed by atoms with E-state index in [1.165, 1.54) is 29.5 Å². The van der Waals surface area contributed by atoms with E-state index < -0.39 is 5.97 Å². The van der Waals surface area contributed by atoms with Gasteiger partial charge in [-0.05, 0) is 15.9 Å². The van der Waals surface area contributed by atoms with Crippen LogP contribution < -0.4 is 0 Å². The second-order valence-electron chi connectivity index (χ2n) is 2.46. The summed E-state index contributed by atoms with van der Waals surface area (Å²) >= 11 is 4.61. The van der Waals surface area contributed by atoms with E-state index >= 15 is 0 Å². The molecular formula is C7H5BrN4O2S. The Bertz CT molecular complexity index is 495. The normalized spacial score (nSPS) is 10.3. The van der Waals surface area contributed by atoms with Gasteiger partial charge in [-0.2, -0.15) is 4.68 Å². The zero-order valence-electron chi connectivity index (χ0n) is 7.55. The molecule has 0 saturated carbocycles. The topological polar surface area (TPSA) is 69.9 Å². The number of carbonyl (C=O) groups excluding carboxylic acids is 1. The smallest absolute Gasteiger partial charge is 0.377 e. The molecule has 0 N–H and O–H groups in total. The first-order valence-electron chi connectivity index (χ1n) is 3.82. The summed E-state index contributed by atoms with van der Waals surface area (Å²) in [5.41, 5.74) is 0. The average Bonchev–Trinajstić information content (AvgIpc) is 2.84. The molecule has 0 bridgehead atoms. The Balaban J connectivity index is 2.31. The number of hydrogen-bond donors (Lipinski definition) is 0. The Morgan fingerprint density at radius 3 is 3.07 bits per heavy atom. The summed E-state index contributed by atoms with van der Waals surface area (Å²) < 4.78 is 6.63. The van der Waals surface area contributed by atoms with Gasteiger partial charge in [0.1, 0.15) is 10.9 Å². The molecule has 6 nitrogen and oxygen atoms in total. The summed E-state index contributed by atoms with van der Waals surface area (Å²) in [4.78, 5) is 19.0. The lowest BCUT2D eigenvalue weighted by molar-refractivity contribution is 0.0587. The van der Waals surface area contributed by atoms with E-state index in [-0.39, 0.29) is 5.82 Å². The second-order valence-corrected chi connectivity index (χ2v) is 4.11. The number of rotatable bonds is 2. The van der Waals surface area contributed by atoms with Crippen LogP contribution in [-0.2, 0) is 4.74 Å². The third-order valence-electron chi connectivity index (χ3n) is 1.52. The quantitative estimate of drug-likeness (QED) is 0.779. The molecule has 0 atom stereocenters. The van der Waals surface area contributed by atoms with Crippen molar-refractivity contribution in [1.82, 2.24) is 19.7 Å². The molecule has 0 radical (unpaired) electrons. The summed E-state index contributed by atoms with van der Waals surface area (Å²) in [6, 6.07) is 0. The van der Waals surface area contributed by atoms with Crippen molar-refractivity contribution < 1.29 is 9.53 Å². The molecule has 0 aromatic carbocycles. The molecule has 15 heavy (non-hydrogen) atoms. The van der Waals surface area contributed by atoms with Crippen LogP contribution in [0.3, 0.4) is 0 Å². The van der Waals surface area contributed by atoms with E-state index in [1.54, 1.807) is 0 Å². The number of thiazole rings is 1. The maximum Gasteiger partial charge on any atom is 0.377 e. The van der Waals surface area contributed by atoms with Crippen molar-refractivity contribution in [1.29, 1.82) is 0 Å². The Hall–Kier alpha value is -1.28. The van der Waals surface area contributed by atoms with Crippen molar-refractivity contribution >= 4 is 33.2 Å². The van der Waals surface area contributed by atoms with Crippen molar-refractivity contribution in [2.45, 2.75) is 0 Å². The van der Waals surface area contributed by atoms with Crippen LogP contribution in [0, 0.1) is 0 Å². The Morgan fingerprint density at radius 1 is 1.67 bits per heavy atom. The van der Waals surface area contributed by atoms with Gasteiger partial charge in [-0.3, -0.25) is 0 Å². The lowest BCUT2D eigenvalue weighted by Crippen LogP contribution is -2.05. The molecule has 0 aliphatic heterocycles. The molecule has 2 rings (SSSR count). The molecule has 0 spiro atoms. The largest absolute Gasteiger partial charge is 0.463 e. The van der Waals surface area contributed by atoms with Gasteiger partial charge in [0.05, 0.1) is 7.11 Å². The van der Waals surface area contributed by atoms with Gasteiger partial charge in [-0.1, -0.05) is 0 Å². The van der Waals surface area contributed by atoms with Gasteiger partial charge in [0, 0.05) is 5.38 Å². The third-order valence-corrected chi connectivity index (χ3v) is 3.06. The molecule has 8 heteroatoms. The molecule has 0 fully saturated rings. The summed E-state index contributed by atoms with van der Waals surface area (Å²) in [6.45, 7) is 0. The molecule has 2 heterocycles. The van der Waals surface area contributed by atoms with Crippen LogP contribution in [0.4, 0.5) is 0 Å². The maximum atomic E-state index is 11.1. The zero-order chi connectivity index (χ0) is 10.8. The lowest BCUT2D eigenvalue weighted by atomic mass is 10.6. The predicted molar refractivity (Wildman–Crippen MR) is 56.1 cm³/mol. The van der Waals surface area contributed by atoms with Gasteiger partial charge in [0.2, 0.25) is 5.13 Å². The molecule has 0 saturated heterocycles. The highest BCUT2D eigenvalue weighted by Crippen LogP contribution is 2.17. The first kappa shape index (κ1) is 10.2. The average molecular weight is 289 g/mol. The first-order chi connectivity index (χ1) is 7.20. The van der Waals surface area contributed by atoms with Gasteiger partial charge in [-0.25, -0.2) is 14.8 Å². The highest BCUT2D eigenvalue weighted by atomic mass is 79.9. The van der Waals surface area contributed by atoms with E-state index in [1.807, 2.05) is 5.38 Å². The highest BCUT2D eigenvalue weighted by molar-refractivity contribution is 9.10. The Labute approximate surface area is 97.0 Å². The summed E-state index contributed by atoms with van der Waals surface area (Å²) in [5, 5.41) is 6.37. The molecule has 78 valence electrons. The van der Waals surface area contributed by atoms with Crippen molar-refractivity contribution in [2.24, 2.45) is 0 Å². The van der Waals surface area contributed by atoms with Crippen LogP contribution in [-0.4, -0.2) is 32.8 Å². The summed E-state index contributed by atoms with van der Waals surface area (Å²) in [5.74, 6) is -0.548. The minimum Gasteiger partial charge on any atom is -0.463 e. The van der Waals surface area contributed by atoms with Crippen molar-refractivity contribution in [3.05, 3.63) is 22.1 Å². The van der Waals surface area contributed by atoms with Crippen LogP contribution in [0.2, 0.25) is 0 Å². The van der Waals surface area contributed by atoms with Gasteiger partial charge in [0.15, 0.2) is 0 Å². The van der Waals surface area contributed by atoms with Gasteiger partial charge in [0.25, 0.3) is 5.82 Å². The Morgan fingerprint density at radius 2 is 2.47 bits per heavy atom. The number of halogens is 1. The number of aromatic nitrogens is 4. The minimum absolute atomic E-state index is 0.0174. The van der Waals surface area contributed by atoms with Crippen molar-refractivity contribution in [3.8, 4) is 5.13 Å². The molecule has 0 aliphatic carbocycles. The lowest BCUT2D eigenvalue weighted by Gasteiger charge is -1.91. The van der Waals surface area contributed by atoms with Gasteiger partial charge < -0.3 is 4.74 Å². The Kier molecular flexibility index (Phi) is 2.78. The fourth-order valence-corrected chi connectivity index (χ4v) is 2.06. The van der Waals surface area contributed by atoms with Crippen LogP contribution in [0.1, 0.15) is 10.6 Å². The van der Waals surface area contributed by atoms with Gasteiger partial charge in [-0.15, -0.1) is 16.4 Å². The number of methoxy groups -OCH3 is 1. The fraction of sp³-hybridized carbons (Fsp3) is 0.143. The SMILES string of the molecule is COC(=O)c1ncn(-c2nc(Br)cs2)n1. The van der Waals surface area contributed by atoms with E-state index in [4.69, 9.17) is 0 Å². The second kappa shape index (κ2) is 4.07. The summed E-state index contributed by atoms with van der Waals surface area (Å²) in [6.07, 6.45) is 1.41. The third kappa shape index (κ3) is 2.05. The van der Waals surface area contributed by atoms with Crippen molar-refractivity contribution in [2.75, 3.05) is 7.11 Å². The summed E-state index contributed by atoms with van der Waals surface area (Å²) in [7, 11) is 1.28. The number of esters is 1.